The predicted octanol–water partition coefficient (Wildman–Crippen LogP) is 1.98. The molecule has 0 saturated heterocycles. The third kappa shape index (κ3) is 27.7. The van der Waals surface area contributed by atoms with Crippen molar-refractivity contribution in [3.05, 3.63) is 71.8 Å². The first-order chi connectivity index (χ1) is 34.0. The molecule has 0 aliphatic carbocycles. The van der Waals surface area contributed by atoms with Crippen molar-refractivity contribution in [2.75, 3.05) is 51.9 Å². The monoisotopic (exact) mass is 1050 g/mol. The first kappa shape index (κ1) is 61.6. The Balaban J connectivity index is 1.89. The highest BCUT2D eigenvalue weighted by Crippen LogP contribution is 2.24. The molecule has 22 nitrogen and oxygen atoms in total. The lowest BCUT2D eigenvalue weighted by Gasteiger charge is -2.21. The van der Waals surface area contributed by atoms with Crippen LogP contribution in [0.3, 0.4) is 0 Å². The maximum absolute atomic E-state index is 13.3. The SMILES string of the molecule is COC(=O)[C@H](CSSC[C@H](NC(=O)CCNC(=O)[C@H](Cc1ccccc1)NC(=O)CCNC(=O)OC(C)(C)C)C(=O)OC)NC(=O)CCNC(=O)[C@H](Cc1ccccc1)NC(=O)CCNC(=O)OC(C)(C)C. The van der Waals surface area contributed by atoms with Crippen LogP contribution in [-0.4, -0.2) is 147 Å². The number of carbonyl (C=O) groups excluding carboxylic acids is 10. The second kappa shape index (κ2) is 32.4. The van der Waals surface area contributed by atoms with Crippen molar-refractivity contribution in [3.8, 4) is 0 Å². The number of nitrogens with one attached hydrogen (secondary N) is 8. The summed E-state index contributed by atoms with van der Waals surface area (Å²) in [6, 6.07) is 13.6. The molecule has 398 valence electrons. The van der Waals surface area contributed by atoms with E-state index >= 15 is 0 Å². The molecule has 0 heterocycles. The summed E-state index contributed by atoms with van der Waals surface area (Å²) in [5.74, 6) is -4.87. The Hall–Kier alpha value is -6.56. The van der Waals surface area contributed by atoms with Gasteiger partial charge in [0.2, 0.25) is 35.4 Å². The van der Waals surface area contributed by atoms with Crippen LogP contribution in [0.1, 0.15) is 78.4 Å². The molecule has 8 N–H and O–H groups in total. The Bertz CT molecular complexity index is 1960. The largest absolute Gasteiger partial charge is 0.467 e. The van der Waals surface area contributed by atoms with E-state index in [4.69, 9.17) is 18.9 Å². The summed E-state index contributed by atoms with van der Waals surface area (Å²) in [6.07, 6.45) is -1.84. The van der Waals surface area contributed by atoms with Crippen molar-refractivity contribution < 1.29 is 66.9 Å². The van der Waals surface area contributed by atoms with Gasteiger partial charge in [0, 0.05) is 76.2 Å². The van der Waals surface area contributed by atoms with E-state index in [1.807, 2.05) is 0 Å². The third-order valence-corrected chi connectivity index (χ3v) is 11.8. The van der Waals surface area contributed by atoms with Crippen molar-refractivity contribution in [1.82, 2.24) is 42.5 Å². The summed E-state index contributed by atoms with van der Waals surface area (Å²) in [4.78, 5) is 127. The van der Waals surface area contributed by atoms with Crippen LogP contribution < -0.4 is 42.5 Å². The van der Waals surface area contributed by atoms with E-state index in [-0.39, 0.29) is 76.2 Å². The van der Waals surface area contributed by atoms with Gasteiger partial charge in [-0.05, 0) is 52.7 Å². The third-order valence-electron chi connectivity index (χ3n) is 9.41. The molecule has 24 heteroatoms. The lowest BCUT2D eigenvalue weighted by atomic mass is 10.0. The molecular formula is C48H70N8O14S2. The molecule has 0 saturated carbocycles. The quantitative estimate of drug-likeness (QED) is 0.0250. The van der Waals surface area contributed by atoms with Gasteiger partial charge in [0.15, 0.2) is 0 Å². The fraction of sp³-hybridized carbons (Fsp3) is 0.542. The molecule has 0 aromatic heterocycles. The summed E-state index contributed by atoms with van der Waals surface area (Å²) >= 11 is 0. The zero-order valence-electron chi connectivity index (χ0n) is 42.1. The molecule has 4 atom stereocenters. The van der Waals surface area contributed by atoms with Gasteiger partial charge in [0.1, 0.15) is 35.4 Å². The molecule has 8 amide bonds. The van der Waals surface area contributed by atoms with Gasteiger partial charge in [0.05, 0.1) is 14.2 Å². The van der Waals surface area contributed by atoms with Crippen LogP contribution in [0.25, 0.3) is 0 Å². The number of esters is 2. The Morgan fingerprint density at radius 2 is 0.736 bits per heavy atom. The van der Waals surface area contributed by atoms with Crippen molar-refractivity contribution >= 4 is 81.2 Å². The van der Waals surface area contributed by atoms with Crippen molar-refractivity contribution in [3.63, 3.8) is 0 Å². The highest BCUT2D eigenvalue weighted by atomic mass is 33.1. The average Bonchev–Trinajstić information content (AvgIpc) is 3.30. The van der Waals surface area contributed by atoms with E-state index < -0.39 is 94.9 Å². The predicted molar refractivity (Wildman–Crippen MR) is 270 cm³/mol. The molecule has 0 spiro atoms. The lowest BCUT2D eigenvalue weighted by molar-refractivity contribution is -0.144. The van der Waals surface area contributed by atoms with E-state index in [2.05, 4.69) is 42.5 Å². The number of hydrogen-bond donors (Lipinski definition) is 8. The van der Waals surface area contributed by atoms with Crippen molar-refractivity contribution in [2.24, 2.45) is 0 Å². The number of methoxy groups -OCH3 is 2. The minimum Gasteiger partial charge on any atom is -0.467 e. The first-order valence-electron chi connectivity index (χ1n) is 23.1. The van der Waals surface area contributed by atoms with E-state index in [0.29, 0.717) is 0 Å². The maximum Gasteiger partial charge on any atom is 0.407 e. The number of carbonyl (C=O) groups is 10. The second-order valence-electron chi connectivity index (χ2n) is 17.9. The number of ether oxygens (including phenoxy) is 4. The maximum atomic E-state index is 13.3. The second-order valence-corrected chi connectivity index (χ2v) is 20.5. The van der Waals surface area contributed by atoms with Gasteiger partial charge in [-0.1, -0.05) is 82.3 Å². The molecule has 0 radical (unpaired) electrons. The summed E-state index contributed by atoms with van der Waals surface area (Å²) in [7, 11) is 4.50. The summed E-state index contributed by atoms with van der Waals surface area (Å²) < 4.78 is 20.1. The zero-order valence-corrected chi connectivity index (χ0v) is 43.7. The average molecular weight is 1050 g/mol. The fourth-order valence-electron chi connectivity index (χ4n) is 6.07. The number of benzene rings is 2. The number of hydrogen-bond acceptors (Lipinski definition) is 16. The van der Waals surface area contributed by atoms with Crippen molar-refractivity contribution in [2.45, 2.75) is 115 Å². The van der Waals surface area contributed by atoms with Crippen LogP contribution in [-0.2, 0) is 70.1 Å². The highest BCUT2D eigenvalue weighted by Gasteiger charge is 2.27. The first-order valence-corrected chi connectivity index (χ1v) is 25.6. The molecule has 0 bridgehead atoms. The molecule has 2 aromatic carbocycles. The lowest BCUT2D eigenvalue weighted by Crippen LogP contribution is -2.49. The Morgan fingerprint density at radius 1 is 0.444 bits per heavy atom. The van der Waals surface area contributed by atoms with E-state index in [1.165, 1.54) is 0 Å². The molecular weight excluding hydrogens is 977 g/mol. The molecule has 2 aromatic rings. The standard InChI is InChI=1S/C48H70N8O14S2/c1-47(2,3)69-45(65)51-25-21-37(57)53-33(27-31-15-11-9-12-16-31)41(61)49-23-19-39(59)55-35(43(63)67-7)29-71-72-30-36(44(64)68-8)56-40(60)20-24-50-42(62)34(28-32-17-13-10-14-18-32)54-38(58)22-26-52-46(66)70-48(4,5)6/h9-18,33-36H,19-30H2,1-8H3,(H,49,61)(H,50,62)(H,51,65)(H,52,66)(H,53,57)(H,54,58)(H,55,59)(H,56,60)/t33-,34-,35-,36-/m0/s1. The summed E-state index contributed by atoms with van der Waals surface area (Å²) in [5, 5.41) is 20.8. The van der Waals surface area contributed by atoms with Crippen LogP contribution in [0.5, 0.6) is 0 Å². The van der Waals surface area contributed by atoms with Crippen LogP contribution in [0.4, 0.5) is 9.59 Å². The number of alkyl carbamates (subject to hydrolysis) is 2. The van der Waals surface area contributed by atoms with Crippen molar-refractivity contribution in [1.29, 1.82) is 0 Å². The number of rotatable bonds is 29. The van der Waals surface area contributed by atoms with Crippen LogP contribution >= 0.6 is 21.6 Å². The highest BCUT2D eigenvalue weighted by molar-refractivity contribution is 8.76. The molecule has 0 aliphatic rings. The normalized spacial score (nSPS) is 12.7. The zero-order chi connectivity index (χ0) is 53.7. The molecule has 0 unspecified atom stereocenters. The van der Waals surface area contributed by atoms with E-state index in [9.17, 15) is 47.9 Å². The smallest absolute Gasteiger partial charge is 0.407 e. The van der Waals surface area contributed by atoms with Gasteiger partial charge >= 0.3 is 24.1 Å². The van der Waals surface area contributed by atoms with Gasteiger partial charge in [-0.2, -0.15) is 0 Å². The van der Waals surface area contributed by atoms with Crippen LogP contribution in [0.2, 0.25) is 0 Å². The molecule has 0 fully saturated rings. The van der Waals surface area contributed by atoms with Gasteiger partial charge in [-0.25, -0.2) is 19.2 Å². The van der Waals surface area contributed by atoms with Gasteiger partial charge in [-0.3, -0.25) is 28.8 Å². The summed E-state index contributed by atoms with van der Waals surface area (Å²) in [5.41, 5.74) is 0.0861. The Morgan fingerprint density at radius 3 is 1.03 bits per heavy atom. The summed E-state index contributed by atoms with van der Waals surface area (Å²) in [6.45, 7) is 9.88. The molecule has 2 rings (SSSR count). The molecule has 0 aliphatic heterocycles. The van der Waals surface area contributed by atoms with Gasteiger partial charge in [-0.15, -0.1) is 0 Å². The van der Waals surface area contributed by atoms with Gasteiger partial charge < -0.3 is 61.5 Å². The minimum atomic E-state index is -1.13. The fourth-order valence-corrected chi connectivity index (χ4v) is 8.36. The van der Waals surface area contributed by atoms with Crippen LogP contribution in [0.15, 0.2) is 60.7 Å². The Kier molecular flexibility index (Phi) is 27.7. The molecule has 72 heavy (non-hydrogen) atoms. The van der Waals surface area contributed by atoms with E-state index in [1.54, 1.807) is 102 Å². The number of amides is 8. The van der Waals surface area contributed by atoms with E-state index in [0.717, 1.165) is 46.9 Å². The topological polar surface area (TPSA) is 304 Å². The minimum absolute atomic E-state index is 0.0157. The van der Waals surface area contributed by atoms with Gasteiger partial charge in [0.25, 0.3) is 0 Å². The van der Waals surface area contributed by atoms with Crippen LogP contribution in [0, 0.1) is 0 Å². The Labute approximate surface area is 428 Å².